The molecular weight excluding hydrogens is 366 g/mol. The Morgan fingerprint density at radius 3 is 2.85 bits per heavy atom. The number of nitrogens with one attached hydrogen (secondary N) is 2. The third-order valence-electron chi connectivity index (χ3n) is 5.43. The molecule has 1 aromatic carbocycles. The van der Waals surface area contributed by atoms with Crippen LogP contribution in [0.3, 0.4) is 0 Å². The number of carbonyl (C=O) groups is 1. The van der Waals surface area contributed by atoms with Gasteiger partial charge in [0.1, 0.15) is 5.01 Å². The lowest BCUT2D eigenvalue weighted by Crippen LogP contribution is -2.43. The molecule has 1 amide bonds. The molecule has 2 fully saturated rings. The molecule has 2 aliphatic rings. The number of benzene rings is 1. The zero-order valence-corrected chi connectivity index (χ0v) is 16.5. The summed E-state index contributed by atoms with van der Waals surface area (Å²) in [5, 5.41) is 9.78. The maximum atomic E-state index is 12.4. The minimum atomic E-state index is 0. The standard InChI is InChI=1S/C20H25N3OS.ClH/c24-19(18-12-15-8-4-5-9-17(15)23-18)21-11-10-16-13-25-20(22-16)14-6-2-1-3-7-14;/h1-3,6-7,13,15,17-18,23H,4-5,8-12H2,(H,21,24);1H. The van der Waals surface area contributed by atoms with Crippen molar-refractivity contribution in [3.63, 3.8) is 0 Å². The van der Waals surface area contributed by atoms with Gasteiger partial charge in [-0.2, -0.15) is 0 Å². The Kier molecular flexibility index (Phi) is 6.68. The van der Waals surface area contributed by atoms with Gasteiger partial charge in [0, 0.05) is 30.0 Å². The fourth-order valence-corrected chi connectivity index (χ4v) is 4.95. The van der Waals surface area contributed by atoms with Gasteiger partial charge >= 0.3 is 0 Å². The molecule has 3 atom stereocenters. The van der Waals surface area contributed by atoms with Crippen LogP contribution in [-0.2, 0) is 11.2 Å². The Bertz CT molecular complexity index is 707. The van der Waals surface area contributed by atoms with E-state index in [-0.39, 0.29) is 24.4 Å². The summed E-state index contributed by atoms with van der Waals surface area (Å²) in [4.78, 5) is 17.1. The molecule has 1 aliphatic carbocycles. The molecule has 0 spiro atoms. The number of amides is 1. The quantitative estimate of drug-likeness (QED) is 0.814. The predicted octanol–water partition coefficient (Wildman–Crippen LogP) is 3.81. The Morgan fingerprint density at radius 2 is 2.04 bits per heavy atom. The van der Waals surface area contributed by atoms with Crippen LogP contribution in [-0.4, -0.2) is 29.5 Å². The van der Waals surface area contributed by atoms with Crippen LogP contribution < -0.4 is 10.6 Å². The maximum absolute atomic E-state index is 12.4. The predicted molar refractivity (Wildman–Crippen MR) is 109 cm³/mol. The molecule has 0 radical (unpaired) electrons. The van der Waals surface area contributed by atoms with E-state index in [9.17, 15) is 4.79 Å². The first-order valence-electron chi connectivity index (χ1n) is 9.33. The molecule has 1 saturated heterocycles. The van der Waals surface area contributed by atoms with E-state index >= 15 is 0 Å². The number of thiazole rings is 1. The fraction of sp³-hybridized carbons (Fsp3) is 0.500. The summed E-state index contributed by atoms with van der Waals surface area (Å²) in [6.07, 6.45) is 6.93. The van der Waals surface area contributed by atoms with E-state index in [2.05, 4.69) is 33.1 Å². The number of aromatic nitrogens is 1. The van der Waals surface area contributed by atoms with Crippen molar-refractivity contribution in [3.05, 3.63) is 41.4 Å². The Balaban J connectivity index is 0.00000196. The van der Waals surface area contributed by atoms with Crippen molar-refractivity contribution in [2.75, 3.05) is 6.54 Å². The smallest absolute Gasteiger partial charge is 0.237 e. The zero-order chi connectivity index (χ0) is 17.1. The highest BCUT2D eigenvalue weighted by molar-refractivity contribution is 7.13. The normalized spacial score (nSPS) is 24.5. The Morgan fingerprint density at radius 1 is 1.23 bits per heavy atom. The van der Waals surface area contributed by atoms with Gasteiger partial charge in [-0.25, -0.2) is 4.98 Å². The van der Waals surface area contributed by atoms with Crippen LogP contribution in [0.1, 0.15) is 37.8 Å². The van der Waals surface area contributed by atoms with Crippen LogP contribution in [0.2, 0.25) is 0 Å². The summed E-state index contributed by atoms with van der Waals surface area (Å²) in [7, 11) is 0. The number of carbonyl (C=O) groups excluding carboxylic acids is 1. The van der Waals surface area contributed by atoms with Crippen molar-refractivity contribution < 1.29 is 4.79 Å². The van der Waals surface area contributed by atoms with E-state index < -0.39 is 0 Å². The highest BCUT2D eigenvalue weighted by Gasteiger charge is 2.37. The average Bonchev–Trinajstić information content (AvgIpc) is 3.29. The highest BCUT2D eigenvalue weighted by Crippen LogP contribution is 2.33. The van der Waals surface area contributed by atoms with Crippen molar-refractivity contribution in [1.29, 1.82) is 0 Å². The first kappa shape index (κ1) is 19.3. The van der Waals surface area contributed by atoms with E-state index in [1.54, 1.807) is 11.3 Å². The van der Waals surface area contributed by atoms with Gasteiger partial charge in [-0.1, -0.05) is 43.2 Å². The summed E-state index contributed by atoms with van der Waals surface area (Å²) < 4.78 is 0. The molecule has 26 heavy (non-hydrogen) atoms. The van der Waals surface area contributed by atoms with Crippen molar-refractivity contribution in [1.82, 2.24) is 15.6 Å². The van der Waals surface area contributed by atoms with Crippen LogP contribution in [0.15, 0.2) is 35.7 Å². The van der Waals surface area contributed by atoms with E-state index in [0.29, 0.717) is 18.5 Å². The number of hydrogen-bond donors (Lipinski definition) is 2. The molecule has 2 heterocycles. The van der Waals surface area contributed by atoms with Gasteiger partial charge in [0.25, 0.3) is 0 Å². The van der Waals surface area contributed by atoms with Crippen LogP contribution >= 0.6 is 23.7 Å². The summed E-state index contributed by atoms with van der Waals surface area (Å²) in [5.41, 5.74) is 2.21. The summed E-state index contributed by atoms with van der Waals surface area (Å²) in [6.45, 7) is 0.657. The Hall–Kier alpha value is -1.43. The van der Waals surface area contributed by atoms with Gasteiger partial charge in [0.05, 0.1) is 11.7 Å². The molecule has 4 nitrogen and oxygen atoms in total. The van der Waals surface area contributed by atoms with Gasteiger partial charge in [-0.05, 0) is 25.2 Å². The second kappa shape index (κ2) is 8.98. The first-order valence-corrected chi connectivity index (χ1v) is 10.2. The summed E-state index contributed by atoms with van der Waals surface area (Å²) in [6, 6.07) is 10.8. The average molecular weight is 392 g/mol. The third kappa shape index (κ3) is 4.45. The number of fused-ring (bicyclic) bond motifs is 1. The molecule has 6 heteroatoms. The molecule has 1 saturated carbocycles. The van der Waals surface area contributed by atoms with Gasteiger partial charge in [-0.15, -0.1) is 23.7 Å². The largest absolute Gasteiger partial charge is 0.354 e. The monoisotopic (exact) mass is 391 g/mol. The SMILES string of the molecule is Cl.O=C(NCCc1csc(-c2ccccc2)n1)C1CC2CCCCC2N1. The molecule has 2 aromatic rings. The molecular formula is C20H26ClN3OS. The molecule has 140 valence electrons. The summed E-state index contributed by atoms with van der Waals surface area (Å²) in [5.74, 6) is 0.865. The van der Waals surface area contributed by atoms with Crippen molar-refractivity contribution in [2.24, 2.45) is 5.92 Å². The van der Waals surface area contributed by atoms with E-state index in [4.69, 9.17) is 0 Å². The zero-order valence-electron chi connectivity index (χ0n) is 14.8. The van der Waals surface area contributed by atoms with Gasteiger partial charge in [0.15, 0.2) is 0 Å². The molecule has 0 bridgehead atoms. The van der Waals surface area contributed by atoms with E-state index in [1.165, 1.54) is 25.7 Å². The molecule has 2 N–H and O–H groups in total. The second-order valence-corrected chi connectivity index (χ2v) is 8.02. The number of rotatable bonds is 5. The Labute approximate surface area is 165 Å². The van der Waals surface area contributed by atoms with E-state index in [0.717, 1.165) is 29.1 Å². The molecule has 1 aromatic heterocycles. The second-order valence-electron chi connectivity index (χ2n) is 7.16. The van der Waals surface area contributed by atoms with Crippen LogP contribution in [0.5, 0.6) is 0 Å². The van der Waals surface area contributed by atoms with Crippen molar-refractivity contribution in [3.8, 4) is 10.6 Å². The third-order valence-corrected chi connectivity index (χ3v) is 6.37. The van der Waals surface area contributed by atoms with Gasteiger partial charge < -0.3 is 10.6 Å². The van der Waals surface area contributed by atoms with Crippen LogP contribution in [0.25, 0.3) is 10.6 Å². The minimum absolute atomic E-state index is 0. The lowest BCUT2D eigenvalue weighted by atomic mass is 9.85. The van der Waals surface area contributed by atoms with Crippen molar-refractivity contribution >= 4 is 29.7 Å². The van der Waals surface area contributed by atoms with Crippen LogP contribution in [0, 0.1) is 5.92 Å². The lowest BCUT2D eigenvalue weighted by molar-refractivity contribution is -0.122. The van der Waals surface area contributed by atoms with E-state index in [1.807, 2.05) is 18.2 Å². The molecule has 1 aliphatic heterocycles. The molecule has 3 unspecified atom stereocenters. The molecule has 4 rings (SSSR count). The first-order chi connectivity index (χ1) is 12.3. The topological polar surface area (TPSA) is 54.0 Å². The number of nitrogens with zero attached hydrogens (tertiary/aromatic N) is 1. The van der Waals surface area contributed by atoms with Gasteiger partial charge in [-0.3, -0.25) is 4.79 Å². The lowest BCUT2D eigenvalue weighted by Gasteiger charge is -2.24. The maximum Gasteiger partial charge on any atom is 0.237 e. The number of hydrogen-bond acceptors (Lipinski definition) is 4. The highest BCUT2D eigenvalue weighted by atomic mass is 35.5. The number of halogens is 1. The van der Waals surface area contributed by atoms with Crippen molar-refractivity contribution in [2.45, 2.75) is 50.6 Å². The van der Waals surface area contributed by atoms with Crippen LogP contribution in [0.4, 0.5) is 0 Å². The summed E-state index contributed by atoms with van der Waals surface area (Å²) >= 11 is 1.66. The van der Waals surface area contributed by atoms with Gasteiger partial charge in [0.2, 0.25) is 5.91 Å². The fourth-order valence-electron chi connectivity index (χ4n) is 4.09. The minimum Gasteiger partial charge on any atom is -0.354 e.